The first-order valence-electron chi connectivity index (χ1n) is 8.50. The molecule has 2 fully saturated rings. The Morgan fingerprint density at radius 3 is 2.50 bits per heavy atom. The van der Waals surface area contributed by atoms with Crippen molar-refractivity contribution in [1.82, 2.24) is 4.90 Å². The van der Waals surface area contributed by atoms with Gasteiger partial charge in [0.15, 0.2) is 5.17 Å². The van der Waals surface area contributed by atoms with Crippen molar-refractivity contribution in [2.75, 3.05) is 11.9 Å². The molecule has 0 N–H and O–H groups in total. The predicted molar refractivity (Wildman–Crippen MR) is 103 cm³/mol. The zero-order chi connectivity index (χ0) is 17.3. The number of hydrogen-bond acceptors (Lipinski definition) is 3. The van der Waals surface area contributed by atoms with Crippen LogP contribution in [0.3, 0.4) is 0 Å². The lowest BCUT2D eigenvalue weighted by Gasteiger charge is -2.35. The first kappa shape index (κ1) is 17.6. The standard InChI is InChI=1S/C18H24ClN3OS/c1-12-17(21(3)18(24-12)20-15-6-4-5-7-15)22(13(2)23)16-10-8-14(19)9-11-16/h8-12,15,17H,4-7H2,1-3H3. The van der Waals surface area contributed by atoms with Crippen molar-refractivity contribution in [3.05, 3.63) is 29.3 Å². The van der Waals surface area contributed by atoms with E-state index in [0.29, 0.717) is 11.1 Å². The van der Waals surface area contributed by atoms with Crippen molar-refractivity contribution in [3.8, 4) is 0 Å². The van der Waals surface area contributed by atoms with Gasteiger partial charge in [-0.2, -0.15) is 0 Å². The minimum atomic E-state index is -0.0335. The van der Waals surface area contributed by atoms with Crippen LogP contribution in [0.15, 0.2) is 29.3 Å². The summed E-state index contributed by atoms with van der Waals surface area (Å²) in [5.74, 6) is 0.0312. The van der Waals surface area contributed by atoms with Gasteiger partial charge in [-0.05, 0) is 44.0 Å². The van der Waals surface area contributed by atoms with E-state index in [1.54, 1.807) is 18.7 Å². The number of halogens is 1. The first-order chi connectivity index (χ1) is 11.5. The lowest BCUT2D eigenvalue weighted by Crippen LogP contribution is -2.50. The average molecular weight is 366 g/mol. The summed E-state index contributed by atoms with van der Waals surface area (Å²) in [6, 6.07) is 7.91. The molecule has 0 aromatic heterocycles. The van der Waals surface area contributed by atoms with E-state index in [9.17, 15) is 4.79 Å². The molecule has 1 aliphatic heterocycles. The van der Waals surface area contributed by atoms with Crippen molar-refractivity contribution in [2.24, 2.45) is 4.99 Å². The number of rotatable bonds is 3. The highest BCUT2D eigenvalue weighted by molar-refractivity contribution is 8.14. The normalized spacial score (nSPS) is 26.3. The molecule has 1 aromatic rings. The largest absolute Gasteiger partial charge is 0.333 e. The van der Waals surface area contributed by atoms with Crippen LogP contribution in [0, 0.1) is 0 Å². The maximum Gasteiger partial charge on any atom is 0.225 e. The van der Waals surface area contributed by atoms with Crippen LogP contribution in [0.25, 0.3) is 0 Å². The zero-order valence-electron chi connectivity index (χ0n) is 14.4. The fraction of sp³-hybridized carbons (Fsp3) is 0.556. The second kappa shape index (κ2) is 7.36. The van der Waals surface area contributed by atoms with Crippen LogP contribution in [-0.2, 0) is 4.79 Å². The highest BCUT2D eigenvalue weighted by Gasteiger charge is 2.40. The molecule has 1 saturated heterocycles. The molecule has 6 heteroatoms. The predicted octanol–water partition coefficient (Wildman–Crippen LogP) is 4.38. The van der Waals surface area contributed by atoms with Gasteiger partial charge in [-0.1, -0.05) is 36.2 Å². The summed E-state index contributed by atoms with van der Waals surface area (Å²) in [6.07, 6.45) is 4.89. The molecular formula is C18H24ClN3OS. The van der Waals surface area contributed by atoms with Crippen LogP contribution in [0.4, 0.5) is 5.69 Å². The molecule has 0 bridgehead atoms. The van der Waals surface area contributed by atoms with Crippen molar-refractivity contribution in [3.63, 3.8) is 0 Å². The van der Waals surface area contributed by atoms with Gasteiger partial charge in [0.25, 0.3) is 0 Å². The van der Waals surface area contributed by atoms with E-state index in [0.717, 1.165) is 10.9 Å². The first-order valence-corrected chi connectivity index (χ1v) is 9.76. The third-order valence-electron chi connectivity index (χ3n) is 4.74. The van der Waals surface area contributed by atoms with Crippen molar-refractivity contribution in [2.45, 2.75) is 57.0 Å². The number of carbonyl (C=O) groups excluding carboxylic acids is 1. The lowest BCUT2D eigenvalue weighted by molar-refractivity contribution is -0.117. The highest BCUT2D eigenvalue weighted by Crippen LogP contribution is 2.36. The minimum Gasteiger partial charge on any atom is -0.333 e. The molecule has 24 heavy (non-hydrogen) atoms. The maximum absolute atomic E-state index is 12.4. The van der Waals surface area contributed by atoms with E-state index >= 15 is 0 Å². The smallest absolute Gasteiger partial charge is 0.225 e. The Kier molecular flexibility index (Phi) is 5.40. The Morgan fingerprint density at radius 1 is 1.29 bits per heavy atom. The van der Waals surface area contributed by atoms with Crippen molar-refractivity contribution < 1.29 is 4.79 Å². The summed E-state index contributed by atoms with van der Waals surface area (Å²) < 4.78 is 0. The molecule has 1 aliphatic carbocycles. The van der Waals surface area contributed by atoms with Crippen LogP contribution in [0.1, 0.15) is 39.5 Å². The molecule has 2 aliphatic rings. The number of carbonyl (C=O) groups is 1. The summed E-state index contributed by atoms with van der Waals surface area (Å²) in [5.41, 5.74) is 0.873. The van der Waals surface area contributed by atoms with Gasteiger partial charge in [0.1, 0.15) is 6.17 Å². The molecule has 2 unspecified atom stereocenters. The lowest BCUT2D eigenvalue weighted by atomic mass is 10.2. The number of amidine groups is 1. The Bertz CT molecular complexity index is 628. The van der Waals surface area contributed by atoms with E-state index < -0.39 is 0 Å². The average Bonchev–Trinajstić information content (AvgIpc) is 3.13. The van der Waals surface area contributed by atoms with Crippen LogP contribution in [0.5, 0.6) is 0 Å². The van der Waals surface area contributed by atoms with Gasteiger partial charge >= 0.3 is 0 Å². The van der Waals surface area contributed by atoms with Gasteiger partial charge < -0.3 is 4.90 Å². The van der Waals surface area contributed by atoms with Gasteiger partial charge in [0, 0.05) is 29.9 Å². The summed E-state index contributed by atoms with van der Waals surface area (Å²) in [7, 11) is 2.04. The van der Waals surface area contributed by atoms with Crippen LogP contribution in [0.2, 0.25) is 5.02 Å². The molecule has 1 saturated carbocycles. The third kappa shape index (κ3) is 3.57. The van der Waals surface area contributed by atoms with E-state index in [-0.39, 0.29) is 17.3 Å². The third-order valence-corrected chi connectivity index (χ3v) is 6.21. The van der Waals surface area contributed by atoms with E-state index in [1.807, 2.05) is 36.2 Å². The molecule has 3 rings (SSSR count). The monoisotopic (exact) mass is 365 g/mol. The minimum absolute atomic E-state index is 0.0312. The molecule has 1 heterocycles. The highest BCUT2D eigenvalue weighted by atomic mass is 35.5. The zero-order valence-corrected chi connectivity index (χ0v) is 16.0. The van der Waals surface area contributed by atoms with Crippen molar-refractivity contribution >= 4 is 40.1 Å². The van der Waals surface area contributed by atoms with E-state index in [1.165, 1.54) is 25.7 Å². The van der Waals surface area contributed by atoms with Gasteiger partial charge in [-0.3, -0.25) is 14.7 Å². The fourth-order valence-electron chi connectivity index (χ4n) is 3.55. The molecule has 4 nitrogen and oxygen atoms in total. The van der Waals surface area contributed by atoms with Crippen LogP contribution < -0.4 is 4.90 Å². The Labute approximate surface area is 153 Å². The second-order valence-corrected chi connectivity index (χ2v) is 8.34. The number of benzene rings is 1. The number of nitrogens with zero attached hydrogens (tertiary/aromatic N) is 3. The number of aliphatic imine (C=N–C) groups is 1. The molecule has 0 spiro atoms. The number of amides is 1. The maximum atomic E-state index is 12.4. The Morgan fingerprint density at radius 2 is 1.92 bits per heavy atom. The molecule has 2 atom stereocenters. The molecule has 1 aromatic carbocycles. The molecule has 130 valence electrons. The number of thioether (sulfide) groups is 1. The number of anilines is 1. The summed E-state index contributed by atoms with van der Waals surface area (Å²) in [6.45, 7) is 3.78. The van der Waals surface area contributed by atoms with Gasteiger partial charge in [-0.15, -0.1) is 0 Å². The molecule has 1 amide bonds. The van der Waals surface area contributed by atoms with Crippen LogP contribution in [-0.4, -0.2) is 40.5 Å². The quantitative estimate of drug-likeness (QED) is 0.797. The molecular weight excluding hydrogens is 342 g/mol. The fourth-order valence-corrected chi connectivity index (χ4v) is 4.92. The topological polar surface area (TPSA) is 35.9 Å². The van der Waals surface area contributed by atoms with E-state index in [4.69, 9.17) is 16.6 Å². The Hall–Kier alpha value is -1.20. The summed E-state index contributed by atoms with van der Waals surface area (Å²) >= 11 is 7.76. The van der Waals surface area contributed by atoms with Crippen LogP contribution >= 0.6 is 23.4 Å². The summed E-state index contributed by atoms with van der Waals surface area (Å²) in [5, 5.41) is 1.99. The van der Waals surface area contributed by atoms with Crippen molar-refractivity contribution in [1.29, 1.82) is 0 Å². The number of hydrogen-bond donors (Lipinski definition) is 0. The molecule has 0 radical (unpaired) electrons. The van der Waals surface area contributed by atoms with E-state index in [2.05, 4.69) is 11.8 Å². The Balaban J connectivity index is 1.87. The SMILES string of the molecule is CC(=O)N(c1ccc(Cl)cc1)C1C(C)SC(=NC2CCCC2)N1C. The summed E-state index contributed by atoms with van der Waals surface area (Å²) in [4.78, 5) is 21.3. The van der Waals surface area contributed by atoms with Gasteiger partial charge in [0.2, 0.25) is 5.91 Å². The van der Waals surface area contributed by atoms with Gasteiger partial charge in [0.05, 0.1) is 6.04 Å². The second-order valence-electron chi connectivity index (χ2n) is 6.56. The van der Waals surface area contributed by atoms with Gasteiger partial charge in [-0.25, -0.2) is 0 Å².